The molecule has 2 rings (SSSR count). The van der Waals surface area contributed by atoms with Gasteiger partial charge in [0.25, 0.3) is 0 Å². The summed E-state index contributed by atoms with van der Waals surface area (Å²) in [6.45, 7) is 2.27. The Balaban J connectivity index is 1.55. The fraction of sp³-hybridized carbons (Fsp3) is 0.625. The molecule has 2 atom stereocenters. The fourth-order valence-corrected chi connectivity index (χ4v) is 2.42. The zero-order chi connectivity index (χ0) is 11.9. The van der Waals surface area contributed by atoms with Crippen LogP contribution >= 0.6 is 0 Å². The van der Waals surface area contributed by atoms with Crippen LogP contribution in [0.25, 0.3) is 0 Å². The van der Waals surface area contributed by atoms with Gasteiger partial charge >= 0.3 is 0 Å². The average Bonchev–Trinajstić information content (AvgIpc) is 3.14. The van der Waals surface area contributed by atoms with E-state index in [9.17, 15) is 0 Å². The SMILES string of the molecule is CCCCCCCCC1OC1c1ccccc1. The van der Waals surface area contributed by atoms with Gasteiger partial charge in [-0.15, -0.1) is 0 Å². The van der Waals surface area contributed by atoms with Gasteiger partial charge in [-0.2, -0.15) is 0 Å². The molecule has 0 radical (unpaired) electrons. The normalized spacial score (nSPS) is 22.6. The van der Waals surface area contributed by atoms with Crippen LogP contribution in [-0.2, 0) is 4.74 Å². The Morgan fingerprint density at radius 3 is 2.41 bits per heavy atom. The Morgan fingerprint density at radius 2 is 1.65 bits per heavy atom. The van der Waals surface area contributed by atoms with E-state index in [1.807, 2.05) is 0 Å². The molecule has 1 aromatic carbocycles. The predicted molar refractivity (Wildman–Crippen MR) is 72.0 cm³/mol. The van der Waals surface area contributed by atoms with Crippen molar-refractivity contribution < 1.29 is 4.74 Å². The van der Waals surface area contributed by atoms with Crippen LogP contribution in [0.1, 0.15) is 63.5 Å². The van der Waals surface area contributed by atoms with Gasteiger partial charge in [0.1, 0.15) is 6.10 Å². The summed E-state index contributed by atoms with van der Waals surface area (Å²) in [5, 5.41) is 0. The first kappa shape index (κ1) is 12.6. The van der Waals surface area contributed by atoms with E-state index in [1.54, 1.807) is 0 Å². The van der Waals surface area contributed by atoms with E-state index in [0.717, 1.165) is 0 Å². The van der Waals surface area contributed by atoms with Crippen molar-refractivity contribution >= 4 is 0 Å². The lowest BCUT2D eigenvalue weighted by Crippen LogP contribution is -1.89. The zero-order valence-electron chi connectivity index (χ0n) is 10.9. The number of hydrogen-bond acceptors (Lipinski definition) is 1. The van der Waals surface area contributed by atoms with E-state index in [-0.39, 0.29) is 0 Å². The first-order valence-corrected chi connectivity index (χ1v) is 7.12. The molecule has 1 aliphatic rings. The Labute approximate surface area is 105 Å². The van der Waals surface area contributed by atoms with E-state index >= 15 is 0 Å². The van der Waals surface area contributed by atoms with Crippen molar-refractivity contribution in [3.63, 3.8) is 0 Å². The molecule has 0 spiro atoms. The number of rotatable bonds is 8. The summed E-state index contributed by atoms with van der Waals surface area (Å²) >= 11 is 0. The van der Waals surface area contributed by atoms with Crippen molar-refractivity contribution in [2.24, 2.45) is 0 Å². The second kappa shape index (κ2) is 6.80. The van der Waals surface area contributed by atoms with Gasteiger partial charge in [-0.05, 0) is 12.0 Å². The molecule has 17 heavy (non-hydrogen) atoms. The second-order valence-corrected chi connectivity index (χ2v) is 5.06. The molecule has 1 aromatic rings. The van der Waals surface area contributed by atoms with Crippen molar-refractivity contribution in [1.29, 1.82) is 0 Å². The lowest BCUT2D eigenvalue weighted by atomic mass is 10.0. The Morgan fingerprint density at radius 1 is 0.941 bits per heavy atom. The minimum atomic E-state index is 0.395. The molecule has 1 nitrogen and oxygen atoms in total. The molecule has 0 aliphatic carbocycles. The van der Waals surface area contributed by atoms with E-state index in [4.69, 9.17) is 4.74 Å². The molecule has 0 saturated carbocycles. The predicted octanol–water partition coefficient (Wildman–Crippen LogP) is 4.88. The van der Waals surface area contributed by atoms with E-state index in [2.05, 4.69) is 37.3 Å². The van der Waals surface area contributed by atoms with Crippen LogP contribution in [0.15, 0.2) is 30.3 Å². The smallest absolute Gasteiger partial charge is 0.109 e. The fourth-order valence-electron chi connectivity index (χ4n) is 2.42. The third-order valence-corrected chi connectivity index (χ3v) is 3.55. The molecule has 0 aromatic heterocycles. The van der Waals surface area contributed by atoms with Crippen LogP contribution in [-0.4, -0.2) is 6.10 Å². The molecule has 94 valence electrons. The molecule has 2 unspecified atom stereocenters. The molecule has 0 amide bonds. The third kappa shape index (κ3) is 4.16. The molecule has 0 N–H and O–H groups in total. The number of ether oxygens (including phenoxy) is 1. The second-order valence-electron chi connectivity index (χ2n) is 5.06. The van der Waals surface area contributed by atoms with Gasteiger partial charge in [-0.1, -0.05) is 75.8 Å². The van der Waals surface area contributed by atoms with Crippen LogP contribution in [0.3, 0.4) is 0 Å². The molecule has 1 saturated heterocycles. The molecule has 1 fully saturated rings. The zero-order valence-corrected chi connectivity index (χ0v) is 10.9. The van der Waals surface area contributed by atoms with Gasteiger partial charge < -0.3 is 4.74 Å². The first-order chi connectivity index (χ1) is 8.42. The molecule has 1 aliphatic heterocycles. The minimum absolute atomic E-state index is 0.395. The summed E-state index contributed by atoms with van der Waals surface area (Å²) in [4.78, 5) is 0. The highest BCUT2D eigenvalue weighted by Gasteiger charge is 2.38. The maximum Gasteiger partial charge on any atom is 0.109 e. The van der Waals surface area contributed by atoms with Gasteiger partial charge in [-0.25, -0.2) is 0 Å². The van der Waals surface area contributed by atoms with E-state index < -0.39 is 0 Å². The number of epoxide rings is 1. The summed E-state index contributed by atoms with van der Waals surface area (Å²) < 4.78 is 5.73. The highest BCUT2D eigenvalue weighted by molar-refractivity contribution is 5.22. The maximum absolute atomic E-state index is 5.73. The van der Waals surface area contributed by atoms with Gasteiger partial charge in [0.2, 0.25) is 0 Å². The summed E-state index contributed by atoms with van der Waals surface area (Å²) in [5.74, 6) is 0. The van der Waals surface area contributed by atoms with E-state index in [1.165, 1.54) is 50.5 Å². The standard InChI is InChI=1S/C16H24O/c1-2-3-4-5-6-10-13-15-16(17-15)14-11-8-7-9-12-14/h7-9,11-12,15-16H,2-6,10,13H2,1H3. The van der Waals surface area contributed by atoms with Gasteiger partial charge in [0.05, 0.1) is 6.10 Å². The van der Waals surface area contributed by atoms with Gasteiger partial charge in [-0.3, -0.25) is 0 Å². The number of benzene rings is 1. The van der Waals surface area contributed by atoms with Crippen LogP contribution in [0.2, 0.25) is 0 Å². The number of hydrogen-bond donors (Lipinski definition) is 0. The van der Waals surface area contributed by atoms with Gasteiger partial charge in [0.15, 0.2) is 0 Å². The summed E-state index contributed by atoms with van der Waals surface area (Å²) in [5.41, 5.74) is 1.35. The van der Waals surface area contributed by atoms with Crippen molar-refractivity contribution in [1.82, 2.24) is 0 Å². The van der Waals surface area contributed by atoms with Crippen molar-refractivity contribution in [2.75, 3.05) is 0 Å². The topological polar surface area (TPSA) is 12.5 Å². The lowest BCUT2D eigenvalue weighted by Gasteiger charge is -1.99. The quantitative estimate of drug-likeness (QED) is 0.460. The third-order valence-electron chi connectivity index (χ3n) is 3.55. The molecule has 0 bridgehead atoms. The van der Waals surface area contributed by atoms with Crippen LogP contribution in [0, 0.1) is 0 Å². The summed E-state index contributed by atoms with van der Waals surface area (Å²) in [6.07, 6.45) is 10.4. The van der Waals surface area contributed by atoms with Gasteiger partial charge in [0, 0.05) is 0 Å². The first-order valence-electron chi connectivity index (χ1n) is 7.12. The van der Waals surface area contributed by atoms with Crippen LogP contribution in [0.4, 0.5) is 0 Å². The van der Waals surface area contributed by atoms with Crippen molar-refractivity contribution in [3.05, 3.63) is 35.9 Å². The Kier molecular flexibility index (Phi) is 5.06. The highest BCUT2D eigenvalue weighted by atomic mass is 16.6. The monoisotopic (exact) mass is 232 g/mol. The molecular formula is C16H24O. The van der Waals surface area contributed by atoms with Crippen LogP contribution < -0.4 is 0 Å². The average molecular weight is 232 g/mol. The Hall–Kier alpha value is -0.820. The largest absolute Gasteiger partial charge is 0.365 e. The maximum atomic E-state index is 5.73. The Bertz CT molecular complexity index is 307. The van der Waals surface area contributed by atoms with Crippen molar-refractivity contribution in [3.8, 4) is 0 Å². The molecule has 1 heterocycles. The number of unbranched alkanes of at least 4 members (excludes halogenated alkanes) is 5. The lowest BCUT2D eigenvalue weighted by molar-refractivity contribution is 0.360. The molecular weight excluding hydrogens is 208 g/mol. The van der Waals surface area contributed by atoms with Crippen LogP contribution in [0.5, 0.6) is 0 Å². The minimum Gasteiger partial charge on any atom is -0.365 e. The van der Waals surface area contributed by atoms with E-state index in [0.29, 0.717) is 12.2 Å². The highest BCUT2D eigenvalue weighted by Crippen LogP contribution is 2.41. The molecule has 1 heteroatoms. The summed E-state index contributed by atoms with van der Waals surface area (Å²) in [7, 11) is 0. The summed E-state index contributed by atoms with van der Waals surface area (Å²) in [6, 6.07) is 10.6. The van der Waals surface area contributed by atoms with Crippen molar-refractivity contribution in [2.45, 2.75) is 64.1 Å².